The van der Waals surface area contributed by atoms with Crippen LogP contribution in [-0.2, 0) is 6.42 Å². The maximum Gasteiger partial charge on any atom is 0.164 e. The molecule has 60 heavy (non-hydrogen) atoms. The predicted molar refractivity (Wildman–Crippen MR) is 247 cm³/mol. The van der Waals surface area contributed by atoms with E-state index in [2.05, 4.69) is 133 Å². The molecule has 0 bridgehead atoms. The molecule has 0 saturated carbocycles. The van der Waals surface area contributed by atoms with Gasteiger partial charge in [0.1, 0.15) is 11.2 Å². The van der Waals surface area contributed by atoms with E-state index in [4.69, 9.17) is 19.4 Å². The van der Waals surface area contributed by atoms with Crippen molar-refractivity contribution < 1.29 is 4.42 Å². The Morgan fingerprint density at radius 3 is 1.73 bits per heavy atom. The third-order valence-electron chi connectivity index (χ3n) is 11.6. The Bertz CT molecular complexity index is 3290. The van der Waals surface area contributed by atoms with Gasteiger partial charge < -0.3 is 8.98 Å². The first-order valence-corrected chi connectivity index (χ1v) is 20.7. The van der Waals surface area contributed by atoms with Gasteiger partial charge in [-0.1, -0.05) is 165 Å². The van der Waals surface area contributed by atoms with Gasteiger partial charge in [-0.2, -0.15) is 0 Å². The maximum atomic E-state index is 6.48. The van der Waals surface area contributed by atoms with Gasteiger partial charge in [-0.25, -0.2) is 15.0 Å². The molecule has 0 amide bonds. The molecular weight excluding hydrogens is 733 g/mol. The molecule has 286 valence electrons. The van der Waals surface area contributed by atoms with E-state index in [1.165, 1.54) is 43.9 Å². The zero-order chi connectivity index (χ0) is 40.0. The van der Waals surface area contributed by atoms with Crippen molar-refractivity contribution in [2.45, 2.75) is 26.2 Å². The Morgan fingerprint density at radius 1 is 0.433 bits per heavy atom. The largest absolute Gasteiger partial charge is 0.456 e. The lowest BCUT2D eigenvalue weighted by Gasteiger charge is -2.12. The van der Waals surface area contributed by atoms with E-state index < -0.39 is 0 Å². The molecule has 0 aliphatic rings. The standard InChI is InChI=1S/C55H40N4O/c1-2-3-15-36-32-47(52-46-23-11-13-25-50(46)60-51(52)33-36)42-30-31-45-44-22-10-12-24-48(44)59(49(45)35-42)43-21-14-20-41(34-43)37-26-28-40(29-27-37)55-57-53(38-16-6-4-7-17-38)56-54(58-55)39-18-8-5-9-19-39/h4-14,16-35H,2-3,15H2,1H3. The van der Waals surface area contributed by atoms with Gasteiger partial charge in [0, 0.05) is 43.9 Å². The van der Waals surface area contributed by atoms with Gasteiger partial charge in [0.05, 0.1) is 11.0 Å². The predicted octanol–water partition coefficient (Wildman–Crippen LogP) is 14.5. The Morgan fingerprint density at radius 2 is 1.02 bits per heavy atom. The molecule has 0 atom stereocenters. The molecule has 0 spiro atoms. The van der Waals surface area contributed by atoms with Gasteiger partial charge in [-0.3, -0.25) is 0 Å². The fourth-order valence-electron chi connectivity index (χ4n) is 8.65. The van der Waals surface area contributed by atoms with Crippen molar-refractivity contribution in [3.8, 4) is 62.1 Å². The Kier molecular flexibility index (Phi) is 8.85. The van der Waals surface area contributed by atoms with Gasteiger partial charge in [0.2, 0.25) is 0 Å². The SMILES string of the molecule is CCCCc1cc(-c2ccc3c4ccccc4n(-c4cccc(-c5ccc(-c6nc(-c7ccccc7)nc(-c7ccccc7)n6)cc5)c4)c3c2)c2c(c1)oc1ccccc12. The number of unbranched alkanes of at least 4 members (excludes halogenated alkanes) is 1. The van der Waals surface area contributed by atoms with E-state index in [-0.39, 0.29) is 0 Å². The molecule has 0 saturated heterocycles. The Labute approximate surface area is 348 Å². The molecule has 8 aromatic carbocycles. The fraction of sp³-hybridized carbons (Fsp3) is 0.0727. The zero-order valence-electron chi connectivity index (χ0n) is 33.2. The van der Waals surface area contributed by atoms with E-state index in [9.17, 15) is 0 Å². The minimum atomic E-state index is 0.640. The van der Waals surface area contributed by atoms with Gasteiger partial charge in [0.25, 0.3) is 0 Å². The van der Waals surface area contributed by atoms with E-state index in [0.717, 1.165) is 69.3 Å². The number of fused-ring (bicyclic) bond motifs is 6. The second-order valence-corrected chi connectivity index (χ2v) is 15.5. The van der Waals surface area contributed by atoms with Crippen molar-refractivity contribution in [1.29, 1.82) is 0 Å². The Hall–Kier alpha value is -7.63. The van der Waals surface area contributed by atoms with Crippen LogP contribution in [-0.4, -0.2) is 19.5 Å². The molecule has 0 aliphatic carbocycles. The minimum Gasteiger partial charge on any atom is -0.456 e. The summed E-state index contributed by atoms with van der Waals surface area (Å²) in [6.07, 6.45) is 3.30. The molecule has 3 heterocycles. The summed E-state index contributed by atoms with van der Waals surface area (Å²) in [6.45, 7) is 2.25. The number of para-hydroxylation sites is 2. The van der Waals surface area contributed by atoms with Crippen LogP contribution >= 0.6 is 0 Å². The number of rotatable bonds is 9. The third-order valence-corrected chi connectivity index (χ3v) is 11.6. The van der Waals surface area contributed by atoms with Crippen LogP contribution in [0.1, 0.15) is 25.3 Å². The van der Waals surface area contributed by atoms with E-state index in [0.29, 0.717) is 17.5 Å². The van der Waals surface area contributed by atoms with E-state index in [1.54, 1.807) is 0 Å². The van der Waals surface area contributed by atoms with Gasteiger partial charge in [-0.05, 0) is 77.1 Å². The van der Waals surface area contributed by atoms with E-state index in [1.807, 2.05) is 66.7 Å². The Balaban J connectivity index is 1.01. The second kappa shape index (κ2) is 14.9. The monoisotopic (exact) mass is 772 g/mol. The van der Waals surface area contributed by atoms with Crippen molar-refractivity contribution in [2.24, 2.45) is 0 Å². The first-order chi connectivity index (χ1) is 29.7. The molecule has 11 aromatic rings. The van der Waals surface area contributed by atoms with Crippen LogP contribution in [0.25, 0.3) is 106 Å². The summed E-state index contributed by atoms with van der Waals surface area (Å²) in [5.74, 6) is 1.94. The number of hydrogen-bond donors (Lipinski definition) is 0. The minimum absolute atomic E-state index is 0.640. The van der Waals surface area contributed by atoms with Crippen LogP contribution in [0.4, 0.5) is 0 Å². The quantitative estimate of drug-likeness (QED) is 0.147. The number of aryl methyl sites for hydroxylation is 1. The molecular formula is C55H40N4O. The average Bonchev–Trinajstić information content (AvgIpc) is 3.86. The summed E-state index contributed by atoms with van der Waals surface area (Å²) in [5, 5.41) is 4.77. The fourth-order valence-corrected chi connectivity index (χ4v) is 8.65. The number of aromatic nitrogens is 4. The lowest BCUT2D eigenvalue weighted by atomic mass is 9.94. The summed E-state index contributed by atoms with van der Waals surface area (Å²) < 4.78 is 8.90. The van der Waals surface area contributed by atoms with E-state index >= 15 is 0 Å². The molecule has 0 aliphatic heterocycles. The smallest absolute Gasteiger partial charge is 0.164 e. The highest BCUT2D eigenvalue weighted by atomic mass is 16.3. The third kappa shape index (κ3) is 6.32. The maximum absolute atomic E-state index is 6.48. The molecule has 0 unspecified atom stereocenters. The van der Waals surface area contributed by atoms with Gasteiger partial charge in [-0.15, -0.1) is 0 Å². The van der Waals surface area contributed by atoms with Crippen molar-refractivity contribution in [3.05, 3.63) is 194 Å². The lowest BCUT2D eigenvalue weighted by Crippen LogP contribution is -2.00. The topological polar surface area (TPSA) is 56.7 Å². The van der Waals surface area contributed by atoms with Crippen molar-refractivity contribution >= 4 is 43.7 Å². The highest BCUT2D eigenvalue weighted by Gasteiger charge is 2.19. The average molecular weight is 773 g/mol. The van der Waals surface area contributed by atoms with Crippen LogP contribution in [0.2, 0.25) is 0 Å². The number of hydrogen-bond acceptors (Lipinski definition) is 4. The zero-order valence-corrected chi connectivity index (χ0v) is 33.2. The van der Waals surface area contributed by atoms with Crippen LogP contribution in [0.3, 0.4) is 0 Å². The van der Waals surface area contributed by atoms with Crippen molar-refractivity contribution in [3.63, 3.8) is 0 Å². The summed E-state index contributed by atoms with van der Waals surface area (Å²) in [6, 6.07) is 66.3. The normalized spacial score (nSPS) is 11.6. The number of benzene rings is 8. The molecule has 0 N–H and O–H groups in total. The number of furan rings is 1. The van der Waals surface area contributed by atoms with Crippen LogP contribution in [0, 0.1) is 0 Å². The summed E-state index contributed by atoms with van der Waals surface area (Å²) in [4.78, 5) is 14.8. The lowest BCUT2D eigenvalue weighted by molar-refractivity contribution is 0.667. The molecule has 5 nitrogen and oxygen atoms in total. The summed E-state index contributed by atoms with van der Waals surface area (Å²) in [7, 11) is 0. The summed E-state index contributed by atoms with van der Waals surface area (Å²) >= 11 is 0. The highest BCUT2D eigenvalue weighted by Crippen LogP contribution is 2.41. The van der Waals surface area contributed by atoms with Crippen LogP contribution < -0.4 is 0 Å². The first kappa shape index (κ1) is 35.5. The van der Waals surface area contributed by atoms with Gasteiger partial charge in [0.15, 0.2) is 17.5 Å². The molecule has 0 radical (unpaired) electrons. The molecule has 3 aromatic heterocycles. The molecule has 11 rings (SSSR count). The molecule has 5 heteroatoms. The highest BCUT2D eigenvalue weighted by molar-refractivity contribution is 6.15. The van der Waals surface area contributed by atoms with Crippen LogP contribution in [0.5, 0.6) is 0 Å². The van der Waals surface area contributed by atoms with Crippen LogP contribution in [0.15, 0.2) is 192 Å². The van der Waals surface area contributed by atoms with Gasteiger partial charge >= 0.3 is 0 Å². The first-order valence-electron chi connectivity index (χ1n) is 20.7. The number of nitrogens with zero attached hydrogens (tertiary/aromatic N) is 4. The second-order valence-electron chi connectivity index (χ2n) is 15.5. The molecule has 0 fully saturated rings. The van der Waals surface area contributed by atoms with Crippen molar-refractivity contribution in [2.75, 3.05) is 0 Å². The van der Waals surface area contributed by atoms with Crippen molar-refractivity contribution in [1.82, 2.24) is 19.5 Å². The summed E-state index contributed by atoms with van der Waals surface area (Å²) in [5.41, 5.74) is 14.1.